The summed E-state index contributed by atoms with van der Waals surface area (Å²) in [6, 6.07) is 0. The molecule has 9 nitrogen and oxygen atoms in total. The maximum absolute atomic E-state index is 13.0. The van der Waals surface area contributed by atoms with Gasteiger partial charge in [0.2, 0.25) is 0 Å². The normalized spacial score (nSPS) is 13.5. The minimum absolute atomic E-state index is 0.180. The second kappa shape index (κ2) is 73.0. The maximum atomic E-state index is 13.0. The average Bonchev–Trinajstić information content (AvgIpc) is 3.38. The average molecular weight is 1290 g/mol. The van der Waals surface area contributed by atoms with Crippen molar-refractivity contribution in [2.45, 2.75) is 322 Å². The number of carboxylic acids is 1. The number of likely N-dealkylation sites (N-methyl/N-ethyl adjacent to an activating group) is 1. The summed E-state index contributed by atoms with van der Waals surface area (Å²) in [5, 5.41) is 9.76. The second-order valence-electron chi connectivity index (χ2n) is 26.2. The number of hydrogen-bond donors (Lipinski definition) is 1. The van der Waals surface area contributed by atoms with E-state index in [1.165, 1.54) is 161 Å². The van der Waals surface area contributed by atoms with Gasteiger partial charge >= 0.3 is 17.9 Å². The molecule has 2 unspecified atom stereocenters. The van der Waals surface area contributed by atoms with Crippen molar-refractivity contribution < 1.29 is 42.9 Å². The first-order chi connectivity index (χ1) is 45.6. The van der Waals surface area contributed by atoms with Crippen molar-refractivity contribution in [2.75, 3.05) is 47.5 Å². The summed E-state index contributed by atoms with van der Waals surface area (Å²) in [6.45, 7) is 4.77. The van der Waals surface area contributed by atoms with Crippen LogP contribution in [-0.2, 0) is 33.3 Å². The molecule has 0 aliphatic carbocycles. The van der Waals surface area contributed by atoms with E-state index in [1.807, 2.05) is 21.1 Å². The van der Waals surface area contributed by atoms with Crippen LogP contribution in [0.25, 0.3) is 0 Å². The molecule has 93 heavy (non-hydrogen) atoms. The molecule has 0 aromatic carbocycles. The largest absolute Gasteiger partial charge is 0.477 e. The van der Waals surface area contributed by atoms with E-state index in [0.29, 0.717) is 23.9 Å². The summed E-state index contributed by atoms with van der Waals surface area (Å²) in [6.07, 6.45) is 104. The molecular formula is C84H142NO8+. The minimum atomic E-state index is -1.52. The van der Waals surface area contributed by atoms with Gasteiger partial charge in [-0.3, -0.25) is 9.59 Å². The van der Waals surface area contributed by atoms with Crippen molar-refractivity contribution >= 4 is 17.9 Å². The van der Waals surface area contributed by atoms with Crippen LogP contribution in [0, 0.1) is 0 Å². The van der Waals surface area contributed by atoms with Crippen LogP contribution in [-0.4, -0.2) is 87.4 Å². The van der Waals surface area contributed by atoms with E-state index in [2.05, 4.69) is 160 Å². The first kappa shape index (κ1) is 88.2. The molecule has 530 valence electrons. The molecular weight excluding hydrogens is 1150 g/mol. The standard InChI is InChI=1S/C84H141NO8/c1-6-8-10-12-14-16-18-20-22-24-26-28-30-32-34-35-36-37-38-39-40-41-42-43-44-45-46-47-49-51-53-55-57-59-61-63-65-67-69-71-73-75-82(87)93-80(79-92-84(83(88)89)90-77-76-85(3,4)5)78-91-81(86)74-72-70-68-66-64-62-60-58-56-54-52-50-48-33-31-29-27-25-23-21-19-17-15-13-11-9-7-2/h8,10,14,16,20,22,25-28,32,34,36-37,39-40,42-43,45-46,49,51,55,57,80,84H,6-7,9,11-13,15,17-19,21,23-24,29-31,33,35,38,41,44,47-48,50,52-54,56,58-79H2,1-5H3/p+1/b10-8-,16-14-,22-20-,27-25-,28-26-,34-32-,37-36-,40-39-,43-42-,46-45-,51-49-,57-55-. The van der Waals surface area contributed by atoms with Gasteiger partial charge in [-0.25, -0.2) is 4.79 Å². The SMILES string of the molecule is CC/C=C\C/C=C\C/C=C\C/C=C\C/C=C\C/C=C\C/C=C\C/C=C\C/C=C\C/C=C\C/C=C\CCCCCCCCCC(=O)OC(COC(=O)CCCCCCCCCCCCCCCCC/C=C\CCCCCCCCCC)COC(OCC[N+](C)(C)C)C(=O)O. The van der Waals surface area contributed by atoms with Crippen LogP contribution in [0.1, 0.15) is 309 Å². The summed E-state index contributed by atoms with van der Waals surface area (Å²) in [4.78, 5) is 37.7. The quantitative estimate of drug-likeness (QED) is 0.0211. The van der Waals surface area contributed by atoms with Gasteiger partial charge in [-0.05, 0) is 122 Å². The van der Waals surface area contributed by atoms with Gasteiger partial charge in [-0.1, -0.05) is 320 Å². The Morgan fingerprint density at radius 2 is 0.613 bits per heavy atom. The van der Waals surface area contributed by atoms with E-state index in [4.69, 9.17) is 18.9 Å². The van der Waals surface area contributed by atoms with Gasteiger partial charge in [0.05, 0.1) is 34.4 Å². The van der Waals surface area contributed by atoms with Crippen molar-refractivity contribution in [1.82, 2.24) is 0 Å². The summed E-state index contributed by atoms with van der Waals surface area (Å²) in [5.74, 6) is -2.02. The Balaban J connectivity index is 4.15. The Morgan fingerprint density at radius 1 is 0.333 bits per heavy atom. The minimum Gasteiger partial charge on any atom is -0.477 e. The Labute approximate surface area is 572 Å². The van der Waals surface area contributed by atoms with E-state index in [1.54, 1.807) is 0 Å². The number of unbranched alkanes of at least 4 members (excludes halogenated alkanes) is 30. The summed E-state index contributed by atoms with van der Waals surface area (Å²) in [7, 11) is 5.97. The number of quaternary nitrogens is 1. The van der Waals surface area contributed by atoms with Gasteiger partial charge in [-0.2, -0.15) is 0 Å². The highest BCUT2D eigenvalue weighted by Gasteiger charge is 2.25. The molecule has 0 rings (SSSR count). The number of allylic oxidation sites excluding steroid dienone is 24. The number of carbonyl (C=O) groups excluding carboxylic acids is 2. The Morgan fingerprint density at radius 3 is 0.925 bits per heavy atom. The zero-order chi connectivity index (χ0) is 67.5. The molecule has 0 spiro atoms. The lowest BCUT2D eigenvalue weighted by Crippen LogP contribution is -2.40. The highest BCUT2D eigenvalue weighted by molar-refractivity contribution is 5.71. The van der Waals surface area contributed by atoms with Crippen molar-refractivity contribution in [1.29, 1.82) is 0 Å². The number of carbonyl (C=O) groups is 3. The fourth-order valence-corrected chi connectivity index (χ4v) is 10.3. The predicted octanol–water partition coefficient (Wildman–Crippen LogP) is 24.3. The van der Waals surface area contributed by atoms with Crippen LogP contribution in [0.5, 0.6) is 0 Å². The van der Waals surface area contributed by atoms with Crippen LogP contribution in [0.4, 0.5) is 0 Å². The highest BCUT2D eigenvalue weighted by Crippen LogP contribution is 2.17. The van der Waals surface area contributed by atoms with Crippen LogP contribution in [0.3, 0.4) is 0 Å². The van der Waals surface area contributed by atoms with E-state index in [-0.39, 0.29) is 32.2 Å². The number of hydrogen-bond acceptors (Lipinski definition) is 7. The number of rotatable bonds is 69. The molecule has 0 aromatic rings. The molecule has 0 fully saturated rings. The number of esters is 2. The Kier molecular flexibility index (Phi) is 69.2. The summed E-state index contributed by atoms with van der Waals surface area (Å²) in [5.41, 5.74) is 0. The van der Waals surface area contributed by atoms with E-state index in [0.717, 1.165) is 116 Å². The first-order valence-corrected chi connectivity index (χ1v) is 38.0. The lowest BCUT2D eigenvalue weighted by atomic mass is 10.0. The zero-order valence-corrected chi connectivity index (χ0v) is 60.6. The van der Waals surface area contributed by atoms with Crippen LogP contribution < -0.4 is 0 Å². The third-order valence-corrected chi connectivity index (χ3v) is 16.1. The van der Waals surface area contributed by atoms with Gasteiger partial charge in [0.1, 0.15) is 13.2 Å². The smallest absolute Gasteiger partial charge is 0.361 e. The lowest BCUT2D eigenvalue weighted by Gasteiger charge is -2.25. The topological polar surface area (TPSA) is 108 Å². The van der Waals surface area contributed by atoms with E-state index in [9.17, 15) is 19.5 Å². The molecule has 0 saturated heterocycles. The number of ether oxygens (including phenoxy) is 4. The number of aliphatic carboxylic acids is 1. The van der Waals surface area contributed by atoms with Gasteiger partial charge < -0.3 is 28.5 Å². The molecule has 2 atom stereocenters. The van der Waals surface area contributed by atoms with Crippen molar-refractivity contribution in [2.24, 2.45) is 0 Å². The predicted molar refractivity (Wildman–Crippen MR) is 400 cm³/mol. The van der Waals surface area contributed by atoms with Crippen LogP contribution in [0.2, 0.25) is 0 Å². The monoisotopic (exact) mass is 1290 g/mol. The molecule has 1 N–H and O–H groups in total. The Bertz CT molecular complexity index is 2040. The molecule has 0 aromatic heterocycles. The van der Waals surface area contributed by atoms with E-state index >= 15 is 0 Å². The third kappa shape index (κ3) is 74.4. The maximum Gasteiger partial charge on any atom is 0.361 e. The molecule has 0 radical (unpaired) electrons. The van der Waals surface area contributed by atoms with Crippen LogP contribution >= 0.6 is 0 Å². The zero-order valence-electron chi connectivity index (χ0n) is 60.6. The fourth-order valence-electron chi connectivity index (χ4n) is 10.3. The van der Waals surface area contributed by atoms with Crippen molar-refractivity contribution in [3.63, 3.8) is 0 Å². The van der Waals surface area contributed by atoms with Gasteiger partial charge in [0.15, 0.2) is 6.10 Å². The molecule has 0 aliphatic rings. The summed E-state index contributed by atoms with van der Waals surface area (Å²) >= 11 is 0. The summed E-state index contributed by atoms with van der Waals surface area (Å²) < 4.78 is 23.0. The van der Waals surface area contributed by atoms with Crippen LogP contribution in [0.15, 0.2) is 146 Å². The van der Waals surface area contributed by atoms with E-state index < -0.39 is 24.3 Å². The second-order valence-corrected chi connectivity index (χ2v) is 26.2. The first-order valence-electron chi connectivity index (χ1n) is 38.0. The van der Waals surface area contributed by atoms with Gasteiger partial charge in [-0.15, -0.1) is 0 Å². The number of nitrogens with zero attached hydrogens (tertiary/aromatic N) is 1. The molecule has 0 bridgehead atoms. The molecule has 0 saturated carbocycles. The van der Waals surface area contributed by atoms with Crippen molar-refractivity contribution in [3.8, 4) is 0 Å². The lowest BCUT2D eigenvalue weighted by molar-refractivity contribution is -0.870. The number of carboxylic acid groups (broad SMARTS) is 1. The molecule has 0 heterocycles. The molecule has 0 amide bonds. The van der Waals surface area contributed by atoms with Crippen molar-refractivity contribution in [3.05, 3.63) is 146 Å². The molecule has 0 aliphatic heterocycles. The fraction of sp³-hybridized carbons (Fsp3) is 0.679. The Hall–Kier alpha value is -4.83. The third-order valence-electron chi connectivity index (χ3n) is 16.1. The highest BCUT2D eigenvalue weighted by atomic mass is 16.7. The van der Waals surface area contributed by atoms with Gasteiger partial charge in [0.25, 0.3) is 6.29 Å². The molecule has 9 heteroatoms. The van der Waals surface area contributed by atoms with Gasteiger partial charge in [0, 0.05) is 12.8 Å².